The summed E-state index contributed by atoms with van der Waals surface area (Å²) in [6, 6.07) is 3.72. The van der Waals surface area contributed by atoms with Crippen LogP contribution in [0, 0.1) is 11.6 Å². The Morgan fingerprint density at radius 3 is 2.50 bits per heavy atom. The molecule has 10 heavy (non-hydrogen) atoms. The third-order valence-corrected chi connectivity index (χ3v) is 1.26. The van der Waals surface area contributed by atoms with Crippen LogP contribution in [-0.4, -0.2) is 0 Å². The lowest BCUT2D eigenvalue weighted by molar-refractivity contribution is 0.512. The topological polar surface area (TPSA) is 12.0 Å². The number of rotatable bonds is 1. The smallest absolute Gasteiger partial charge is 0.183 e. The second-order valence-corrected chi connectivity index (χ2v) is 1.88. The molecule has 0 aliphatic heterocycles. The molecule has 0 atom stereocenters. The van der Waals surface area contributed by atoms with E-state index in [9.17, 15) is 8.78 Å². The van der Waals surface area contributed by atoms with Gasteiger partial charge in [-0.25, -0.2) is 8.78 Å². The SMILES string of the molecule is Fc1cccc(NCl)c1F. The standard InChI is InChI=1S/C6H4ClF2N/c7-10-5-3-1-2-4(8)6(5)9/h1-3,10H. The Balaban J connectivity index is 3.14. The fourth-order valence-electron chi connectivity index (χ4n) is 0.577. The van der Waals surface area contributed by atoms with Crippen molar-refractivity contribution < 1.29 is 8.78 Å². The lowest BCUT2D eigenvalue weighted by Gasteiger charge is -1.98. The summed E-state index contributed by atoms with van der Waals surface area (Å²) < 4.78 is 24.8. The molecule has 0 saturated carbocycles. The van der Waals surface area contributed by atoms with Gasteiger partial charge >= 0.3 is 0 Å². The average molecular weight is 164 g/mol. The molecular weight excluding hydrogens is 160 g/mol. The Bertz CT molecular complexity index is 239. The van der Waals surface area contributed by atoms with Crippen molar-refractivity contribution in [1.82, 2.24) is 0 Å². The third-order valence-electron chi connectivity index (χ3n) is 1.05. The maximum atomic E-state index is 12.5. The highest BCUT2D eigenvalue weighted by Gasteiger charge is 2.04. The zero-order valence-electron chi connectivity index (χ0n) is 4.87. The van der Waals surface area contributed by atoms with Crippen LogP contribution in [-0.2, 0) is 0 Å². The van der Waals surface area contributed by atoms with Crippen molar-refractivity contribution in [3.63, 3.8) is 0 Å². The molecular formula is C6H4ClF2N. The van der Waals surface area contributed by atoms with Gasteiger partial charge < -0.3 is 0 Å². The Morgan fingerprint density at radius 1 is 1.30 bits per heavy atom. The number of halogens is 3. The van der Waals surface area contributed by atoms with Crippen LogP contribution in [0.15, 0.2) is 18.2 Å². The number of hydrogen-bond acceptors (Lipinski definition) is 1. The highest BCUT2D eigenvalue weighted by Crippen LogP contribution is 2.16. The van der Waals surface area contributed by atoms with E-state index in [4.69, 9.17) is 11.8 Å². The van der Waals surface area contributed by atoms with Crippen molar-refractivity contribution >= 4 is 17.5 Å². The second kappa shape index (κ2) is 2.84. The summed E-state index contributed by atoms with van der Waals surface area (Å²) in [6.07, 6.45) is 0. The molecule has 1 aromatic carbocycles. The van der Waals surface area contributed by atoms with Crippen molar-refractivity contribution in [3.8, 4) is 0 Å². The van der Waals surface area contributed by atoms with E-state index in [1.165, 1.54) is 12.1 Å². The molecule has 1 rings (SSSR count). The van der Waals surface area contributed by atoms with Gasteiger partial charge in [0.1, 0.15) is 0 Å². The molecule has 4 heteroatoms. The third kappa shape index (κ3) is 1.19. The molecule has 1 nitrogen and oxygen atoms in total. The van der Waals surface area contributed by atoms with Gasteiger partial charge in [-0.1, -0.05) is 6.07 Å². The van der Waals surface area contributed by atoms with E-state index in [2.05, 4.69) is 0 Å². The zero-order chi connectivity index (χ0) is 7.56. The lowest BCUT2D eigenvalue weighted by Crippen LogP contribution is -1.89. The van der Waals surface area contributed by atoms with E-state index < -0.39 is 11.6 Å². The van der Waals surface area contributed by atoms with Gasteiger partial charge in [-0.05, 0) is 12.1 Å². The van der Waals surface area contributed by atoms with Crippen molar-refractivity contribution in [1.29, 1.82) is 0 Å². The van der Waals surface area contributed by atoms with Gasteiger partial charge in [0.05, 0.1) is 5.69 Å². The van der Waals surface area contributed by atoms with E-state index in [1.807, 2.05) is 4.84 Å². The Kier molecular flexibility index (Phi) is 2.06. The van der Waals surface area contributed by atoms with Crippen LogP contribution in [0.25, 0.3) is 0 Å². The van der Waals surface area contributed by atoms with Gasteiger partial charge in [0, 0.05) is 11.8 Å². The van der Waals surface area contributed by atoms with Gasteiger partial charge in [-0.15, -0.1) is 0 Å². The quantitative estimate of drug-likeness (QED) is 0.628. The van der Waals surface area contributed by atoms with E-state index in [0.29, 0.717) is 0 Å². The zero-order valence-corrected chi connectivity index (χ0v) is 5.62. The molecule has 0 radical (unpaired) electrons. The molecule has 1 aromatic rings. The van der Waals surface area contributed by atoms with Gasteiger partial charge in [0.15, 0.2) is 11.6 Å². The maximum Gasteiger partial charge on any atom is 0.183 e. The summed E-state index contributed by atoms with van der Waals surface area (Å²) in [5.74, 6) is -1.87. The first-order valence-electron chi connectivity index (χ1n) is 2.56. The summed E-state index contributed by atoms with van der Waals surface area (Å²) in [7, 11) is 0. The van der Waals surface area contributed by atoms with Crippen LogP contribution in [0.3, 0.4) is 0 Å². The number of nitrogens with one attached hydrogen (secondary N) is 1. The molecule has 0 heterocycles. The van der Waals surface area contributed by atoms with Gasteiger partial charge in [-0.3, -0.25) is 4.84 Å². The number of hydrogen-bond donors (Lipinski definition) is 1. The van der Waals surface area contributed by atoms with E-state index in [-0.39, 0.29) is 5.69 Å². The Labute approximate surface area is 61.7 Å². The van der Waals surface area contributed by atoms with Crippen LogP contribution in [0.2, 0.25) is 0 Å². The molecule has 0 fully saturated rings. The summed E-state index contributed by atoms with van der Waals surface area (Å²) in [6.45, 7) is 0. The van der Waals surface area contributed by atoms with Gasteiger partial charge in [0.2, 0.25) is 0 Å². The van der Waals surface area contributed by atoms with E-state index in [1.54, 1.807) is 0 Å². The van der Waals surface area contributed by atoms with Crippen LogP contribution in [0.5, 0.6) is 0 Å². The fraction of sp³-hybridized carbons (Fsp3) is 0. The molecule has 0 aliphatic rings. The van der Waals surface area contributed by atoms with Crippen LogP contribution in [0.4, 0.5) is 14.5 Å². The lowest BCUT2D eigenvalue weighted by atomic mass is 10.3. The summed E-state index contributed by atoms with van der Waals surface area (Å²) in [5.41, 5.74) is -0.0540. The highest BCUT2D eigenvalue weighted by atomic mass is 35.5. The molecule has 0 aromatic heterocycles. The van der Waals surface area contributed by atoms with Crippen molar-refractivity contribution in [2.45, 2.75) is 0 Å². The van der Waals surface area contributed by atoms with Crippen molar-refractivity contribution in [3.05, 3.63) is 29.8 Å². The maximum absolute atomic E-state index is 12.5. The van der Waals surface area contributed by atoms with E-state index in [0.717, 1.165) is 6.07 Å². The van der Waals surface area contributed by atoms with Crippen LogP contribution >= 0.6 is 11.8 Å². The molecule has 0 amide bonds. The molecule has 0 bridgehead atoms. The number of anilines is 1. The first-order chi connectivity index (χ1) is 4.75. The minimum Gasteiger partial charge on any atom is -0.295 e. The summed E-state index contributed by atoms with van der Waals surface area (Å²) in [4.78, 5) is 1.99. The predicted octanol–water partition coefficient (Wildman–Crippen LogP) is 2.53. The van der Waals surface area contributed by atoms with Crippen molar-refractivity contribution in [2.75, 3.05) is 4.84 Å². The normalized spacial score (nSPS) is 9.50. The molecule has 0 unspecified atom stereocenters. The van der Waals surface area contributed by atoms with Crippen LogP contribution < -0.4 is 4.84 Å². The largest absolute Gasteiger partial charge is 0.295 e. The summed E-state index contributed by atoms with van der Waals surface area (Å²) in [5, 5.41) is 0. The predicted molar refractivity (Wildman–Crippen MR) is 35.8 cm³/mol. The fourth-order valence-corrected chi connectivity index (χ4v) is 0.723. The van der Waals surface area contributed by atoms with Crippen LogP contribution in [0.1, 0.15) is 0 Å². The minimum absolute atomic E-state index is 0.0540. The molecule has 1 N–H and O–H groups in total. The molecule has 0 aliphatic carbocycles. The summed E-state index contributed by atoms with van der Waals surface area (Å²) >= 11 is 5.05. The van der Waals surface area contributed by atoms with Gasteiger partial charge in [0.25, 0.3) is 0 Å². The highest BCUT2D eigenvalue weighted by molar-refractivity contribution is 6.23. The average Bonchev–Trinajstić information content (AvgIpc) is 1.95. The molecule has 0 spiro atoms. The van der Waals surface area contributed by atoms with E-state index >= 15 is 0 Å². The Morgan fingerprint density at radius 2 is 2.00 bits per heavy atom. The molecule has 0 saturated heterocycles. The van der Waals surface area contributed by atoms with Crippen molar-refractivity contribution in [2.24, 2.45) is 0 Å². The van der Waals surface area contributed by atoms with Gasteiger partial charge in [-0.2, -0.15) is 0 Å². The monoisotopic (exact) mass is 163 g/mol. The first-order valence-corrected chi connectivity index (χ1v) is 2.94. The number of benzene rings is 1. The Hall–Kier alpha value is -0.830. The first kappa shape index (κ1) is 7.28. The molecule has 54 valence electrons. The second-order valence-electron chi connectivity index (χ2n) is 1.70. The minimum atomic E-state index is -0.961.